The number of hydrogen-bond acceptors (Lipinski definition) is 6. The van der Waals surface area contributed by atoms with E-state index in [9.17, 15) is 23.9 Å². The van der Waals surface area contributed by atoms with Crippen LogP contribution in [0.2, 0.25) is 0 Å². The summed E-state index contributed by atoms with van der Waals surface area (Å²) in [6.45, 7) is 9.24. The SMILES string of the molecule is CC[C@H](NC(=O)[C@@H]1C[C@@H](O)CN1C(=O)[C@@H](NC(=O)C1(F)CC1)C(C)(C)C)c1ccc(-c2scnc2C)cc1. The van der Waals surface area contributed by atoms with Crippen LogP contribution in [0.1, 0.15) is 70.7 Å². The third-order valence-electron chi connectivity index (χ3n) is 7.39. The molecule has 4 atom stereocenters. The van der Waals surface area contributed by atoms with Gasteiger partial charge in [0.05, 0.1) is 28.2 Å². The van der Waals surface area contributed by atoms with Gasteiger partial charge >= 0.3 is 0 Å². The Labute approximate surface area is 227 Å². The van der Waals surface area contributed by atoms with Gasteiger partial charge < -0.3 is 20.6 Å². The fourth-order valence-electron chi connectivity index (χ4n) is 4.85. The highest BCUT2D eigenvalue weighted by atomic mass is 32.1. The number of rotatable bonds is 8. The minimum atomic E-state index is -1.92. The predicted octanol–water partition coefficient (Wildman–Crippen LogP) is 3.68. The van der Waals surface area contributed by atoms with Gasteiger partial charge in [-0.25, -0.2) is 9.37 Å². The van der Waals surface area contributed by atoms with Gasteiger partial charge in [-0.15, -0.1) is 11.3 Å². The number of aryl methyl sites for hydroxylation is 1. The summed E-state index contributed by atoms with van der Waals surface area (Å²) >= 11 is 1.58. The molecule has 206 valence electrons. The third kappa shape index (κ3) is 5.91. The molecule has 4 rings (SSSR count). The molecule has 8 nitrogen and oxygen atoms in total. The Balaban J connectivity index is 1.48. The number of aliphatic hydroxyl groups excluding tert-OH is 1. The summed E-state index contributed by atoms with van der Waals surface area (Å²) in [6.07, 6.45) is 0.132. The topological polar surface area (TPSA) is 112 Å². The van der Waals surface area contributed by atoms with Gasteiger partial charge in [0.2, 0.25) is 11.8 Å². The standard InChI is InChI=1S/C28H37FN4O4S/c1-6-20(17-7-9-18(10-8-17)22-16(2)30-15-38-22)31-24(35)21-13-19(34)14-33(21)25(36)23(27(3,4)5)32-26(37)28(29)11-12-28/h7-10,15,19-21,23,34H,6,11-14H2,1-5H3,(H,31,35)(H,32,37)/t19-,20+,21+,23-/m1/s1. The second-order valence-corrected chi connectivity index (χ2v) is 12.3. The van der Waals surface area contributed by atoms with E-state index in [0.29, 0.717) is 6.42 Å². The van der Waals surface area contributed by atoms with Crippen LogP contribution in [-0.4, -0.2) is 63.1 Å². The molecule has 2 fully saturated rings. The van der Waals surface area contributed by atoms with Gasteiger partial charge in [-0.3, -0.25) is 14.4 Å². The molecule has 1 saturated carbocycles. The van der Waals surface area contributed by atoms with E-state index in [0.717, 1.165) is 21.7 Å². The van der Waals surface area contributed by atoms with Gasteiger partial charge in [-0.05, 0) is 42.7 Å². The Morgan fingerprint density at radius 3 is 2.39 bits per heavy atom. The van der Waals surface area contributed by atoms with Crippen LogP contribution >= 0.6 is 11.3 Å². The summed E-state index contributed by atoms with van der Waals surface area (Å²) in [5.74, 6) is -1.66. The molecule has 0 bridgehead atoms. The molecule has 1 aliphatic carbocycles. The Morgan fingerprint density at radius 2 is 1.87 bits per heavy atom. The number of aromatic nitrogens is 1. The van der Waals surface area contributed by atoms with Crippen LogP contribution in [-0.2, 0) is 14.4 Å². The molecule has 0 spiro atoms. The van der Waals surface area contributed by atoms with Crippen molar-refractivity contribution in [1.29, 1.82) is 0 Å². The molecule has 10 heteroatoms. The van der Waals surface area contributed by atoms with E-state index in [1.165, 1.54) is 4.90 Å². The number of alkyl halides is 1. The summed E-state index contributed by atoms with van der Waals surface area (Å²) in [5, 5.41) is 16.0. The van der Waals surface area contributed by atoms with Crippen molar-refractivity contribution in [2.24, 2.45) is 5.41 Å². The van der Waals surface area contributed by atoms with E-state index in [-0.39, 0.29) is 37.8 Å². The molecular formula is C28H37FN4O4S. The summed E-state index contributed by atoms with van der Waals surface area (Å²) in [4.78, 5) is 46.3. The monoisotopic (exact) mass is 544 g/mol. The molecule has 1 aromatic heterocycles. The fourth-order valence-corrected chi connectivity index (χ4v) is 5.66. The number of thiazole rings is 1. The van der Waals surface area contributed by atoms with Gasteiger partial charge in [0.1, 0.15) is 12.1 Å². The van der Waals surface area contributed by atoms with Crippen LogP contribution in [0.3, 0.4) is 0 Å². The van der Waals surface area contributed by atoms with Crippen LogP contribution in [0.15, 0.2) is 29.8 Å². The van der Waals surface area contributed by atoms with Gasteiger partial charge in [0, 0.05) is 13.0 Å². The molecule has 0 unspecified atom stereocenters. The zero-order valence-electron chi connectivity index (χ0n) is 22.6. The molecule has 3 amide bonds. The van der Waals surface area contributed by atoms with E-state index in [1.807, 2.05) is 43.6 Å². The Morgan fingerprint density at radius 1 is 1.21 bits per heavy atom. The largest absolute Gasteiger partial charge is 0.391 e. The molecule has 38 heavy (non-hydrogen) atoms. The maximum Gasteiger partial charge on any atom is 0.258 e. The number of β-amino-alcohol motifs (C(OH)–C–C–N with tert-alkyl or cyclic N) is 1. The number of carbonyl (C=O) groups excluding carboxylic acids is 3. The molecular weight excluding hydrogens is 507 g/mol. The van der Waals surface area contributed by atoms with Crippen molar-refractivity contribution in [1.82, 2.24) is 20.5 Å². The molecule has 1 saturated heterocycles. The summed E-state index contributed by atoms with van der Waals surface area (Å²) in [5.41, 5.74) is 2.12. The number of hydrogen-bond donors (Lipinski definition) is 3. The van der Waals surface area contributed by atoms with Crippen molar-refractivity contribution in [2.45, 2.75) is 90.2 Å². The third-order valence-corrected chi connectivity index (χ3v) is 8.37. The lowest BCUT2D eigenvalue weighted by Gasteiger charge is -2.36. The number of carbonyl (C=O) groups is 3. The first-order valence-corrected chi connectivity index (χ1v) is 14.0. The highest BCUT2D eigenvalue weighted by Crippen LogP contribution is 2.40. The minimum Gasteiger partial charge on any atom is -0.391 e. The molecule has 2 aromatic rings. The molecule has 1 aromatic carbocycles. The van der Waals surface area contributed by atoms with Crippen LogP contribution in [0.25, 0.3) is 10.4 Å². The Kier molecular flexibility index (Phi) is 7.95. The van der Waals surface area contributed by atoms with Crippen molar-refractivity contribution in [3.8, 4) is 10.4 Å². The van der Waals surface area contributed by atoms with E-state index < -0.39 is 41.1 Å². The van der Waals surface area contributed by atoms with Crippen molar-refractivity contribution in [2.75, 3.05) is 6.54 Å². The van der Waals surface area contributed by atoms with Gasteiger partial charge in [0.15, 0.2) is 5.67 Å². The van der Waals surface area contributed by atoms with E-state index in [4.69, 9.17) is 0 Å². The van der Waals surface area contributed by atoms with Crippen LogP contribution < -0.4 is 10.6 Å². The van der Waals surface area contributed by atoms with Gasteiger partial charge in [-0.2, -0.15) is 0 Å². The highest BCUT2D eigenvalue weighted by molar-refractivity contribution is 7.13. The Hall–Kier alpha value is -2.85. The first-order chi connectivity index (χ1) is 17.8. The fraction of sp³-hybridized carbons (Fsp3) is 0.571. The first-order valence-electron chi connectivity index (χ1n) is 13.1. The van der Waals surface area contributed by atoms with E-state index in [1.54, 1.807) is 32.1 Å². The molecule has 2 aliphatic rings. The van der Waals surface area contributed by atoms with Gasteiger partial charge in [-0.1, -0.05) is 52.0 Å². The van der Waals surface area contributed by atoms with Gasteiger partial charge in [0.25, 0.3) is 5.91 Å². The summed E-state index contributed by atoms with van der Waals surface area (Å²) < 4.78 is 14.4. The lowest BCUT2D eigenvalue weighted by atomic mass is 9.85. The summed E-state index contributed by atoms with van der Waals surface area (Å²) in [6, 6.07) is 5.76. The lowest BCUT2D eigenvalue weighted by molar-refractivity contribution is -0.145. The molecule has 1 aliphatic heterocycles. The van der Waals surface area contributed by atoms with Crippen LogP contribution in [0.5, 0.6) is 0 Å². The van der Waals surface area contributed by atoms with Crippen LogP contribution in [0.4, 0.5) is 4.39 Å². The van der Waals surface area contributed by atoms with Crippen molar-refractivity contribution >= 4 is 29.1 Å². The number of benzene rings is 1. The van der Waals surface area contributed by atoms with Crippen molar-refractivity contribution in [3.63, 3.8) is 0 Å². The van der Waals surface area contributed by atoms with Crippen LogP contribution in [0, 0.1) is 12.3 Å². The normalized spacial score (nSPS) is 22.0. The van der Waals surface area contributed by atoms with Crippen molar-refractivity contribution in [3.05, 3.63) is 41.0 Å². The lowest BCUT2D eigenvalue weighted by Crippen LogP contribution is -2.59. The number of aliphatic hydroxyl groups is 1. The predicted molar refractivity (Wildman–Crippen MR) is 144 cm³/mol. The first kappa shape index (κ1) is 28.2. The Bertz CT molecular complexity index is 1190. The summed E-state index contributed by atoms with van der Waals surface area (Å²) in [7, 11) is 0. The highest BCUT2D eigenvalue weighted by Gasteiger charge is 2.53. The maximum absolute atomic E-state index is 14.4. The average molecular weight is 545 g/mol. The average Bonchev–Trinajstić information content (AvgIpc) is 3.28. The smallest absolute Gasteiger partial charge is 0.258 e. The number of nitrogens with one attached hydrogen (secondary N) is 2. The van der Waals surface area contributed by atoms with E-state index in [2.05, 4.69) is 15.6 Å². The quantitative estimate of drug-likeness (QED) is 0.470. The number of nitrogens with zero attached hydrogens (tertiary/aromatic N) is 2. The molecule has 2 heterocycles. The number of likely N-dealkylation sites (tertiary alicyclic amines) is 1. The zero-order valence-corrected chi connectivity index (χ0v) is 23.4. The second kappa shape index (κ2) is 10.7. The second-order valence-electron chi connectivity index (χ2n) is 11.5. The van der Waals surface area contributed by atoms with Crippen molar-refractivity contribution < 1.29 is 23.9 Å². The number of halogens is 1. The van der Waals surface area contributed by atoms with E-state index >= 15 is 0 Å². The molecule has 3 N–H and O–H groups in total. The minimum absolute atomic E-state index is 0.0279. The zero-order chi connectivity index (χ0) is 27.8. The maximum atomic E-state index is 14.4. The molecule has 0 radical (unpaired) electrons. The number of amides is 3.